The molecule has 30 heavy (non-hydrogen) atoms. The summed E-state index contributed by atoms with van der Waals surface area (Å²) in [5.74, 6) is 0.0432. The molecule has 1 heterocycles. The van der Waals surface area contributed by atoms with Crippen molar-refractivity contribution in [3.63, 3.8) is 0 Å². The van der Waals surface area contributed by atoms with E-state index in [1.165, 1.54) is 6.21 Å². The molecular weight excluding hydrogens is 430 g/mol. The monoisotopic (exact) mass is 445 g/mol. The molecule has 3 N–H and O–H groups in total. The minimum atomic E-state index is -0.713. The van der Waals surface area contributed by atoms with Crippen molar-refractivity contribution in [1.82, 2.24) is 20.6 Å². The van der Waals surface area contributed by atoms with E-state index < -0.39 is 17.2 Å². The van der Waals surface area contributed by atoms with Gasteiger partial charge in [0, 0.05) is 10.6 Å². The molecule has 0 saturated carbocycles. The van der Waals surface area contributed by atoms with E-state index >= 15 is 0 Å². The number of thioether (sulfide) groups is 1. The van der Waals surface area contributed by atoms with Crippen molar-refractivity contribution in [2.45, 2.75) is 11.6 Å². The van der Waals surface area contributed by atoms with Gasteiger partial charge in [-0.05, 0) is 29.8 Å². The number of hydrogen-bond acceptors (Lipinski definition) is 7. The van der Waals surface area contributed by atoms with Gasteiger partial charge in [-0.25, -0.2) is 15.3 Å². The van der Waals surface area contributed by atoms with E-state index in [-0.39, 0.29) is 10.8 Å². The van der Waals surface area contributed by atoms with Crippen LogP contribution in [0.1, 0.15) is 11.1 Å². The molecule has 0 aliphatic heterocycles. The van der Waals surface area contributed by atoms with Gasteiger partial charge in [0.25, 0.3) is 5.56 Å². The highest BCUT2D eigenvalue weighted by atomic mass is 35.5. The van der Waals surface area contributed by atoms with Crippen LogP contribution in [-0.2, 0) is 11.4 Å². The zero-order valence-corrected chi connectivity index (χ0v) is 17.0. The fourth-order valence-electron chi connectivity index (χ4n) is 2.28. The number of para-hydroxylation sites is 1. The summed E-state index contributed by atoms with van der Waals surface area (Å²) < 4.78 is 5.82. The van der Waals surface area contributed by atoms with Crippen LogP contribution in [0.2, 0.25) is 5.02 Å². The van der Waals surface area contributed by atoms with E-state index in [9.17, 15) is 14.4 Å². The van der Waals surface area contributed by atoms with Crippen LogP contribution in [0.25, 0.3) is 0 Å². The van der Waals surface area contributed by atoms with Gasteiger partial charge in [0.2, 0.25) is 5.91 Å². The van der Waals surface area contributed by atoms with Crippen LogP contribution in [0.15, 0.2) is 68.2 Å². The first-order valence-electron chi connectivity index (χ1n) is 8.61. The topological polar surface area (TPSA) is 129 Å². The quantitative estimate of drug-likeness (QED) is 0.276. The first kappa shape index (κ1) is 21.3. The zero-order chi connectivity index (χ0) is 21.3. The molecular formula is C19H16ClN5O4S. The Kier molecular flexibility index (Phi) is 7.41. The molecule has 0 unspecified atom stereocenters. The Bertz CT molecular complexity index is 1180. The fourth-order valence-corrected chi connectivity index (χ4v) is 3.12. The smallest absolute Gasteiger partial charge is 0.342 e. The maximum absolute atomic E-state index is 11.9. The van der Waals surface area contributed by atoms with Crippen LogP contribution in [0.3, 0.4) is 0 Å². The molecule has 0 radical (unpaired) electrons. The number of benzene rings is 2. The molecule has 154 valence electrons. The minimum Gasteiger partial charge on any atom is -0.488 e. The molecule has 1 amide bonds. The number of ether oxygens (including phenoxy) is 1. The lowest BCUT2D eigenvalue weighted by atomic mass is 10.2. The third-order valence-corrected chi connectivity index (χ3v) is 4.81. The molecule has 1 aromatic heterocycles. The van der Waals surface area contributed by atoms with Crippen molar-refractivity contribution in [2.75, 3.05) is 5.75 Å². The number of nitrogens with one attached hydrogen (secondary N) is 3. The van der Waals surface area contributed by atoms with Crippen molar-refractivity contribution in [3.05, 3.63) is 85.5 Å². The number of nitrogens with zero attached hydrogens (tertiary/aromatic N) is 2. The normalized spacial score (nSPS) is 10.8. The molecule has 3 rings (SSSR count). The number of aromatic amines is 2. The summed E-state index contributed by atoms with van der Waals surface area (Å²) in [7, 11) is 0. The summed E-state index contributed by atoms with van der Waals surface area (Å²) in [5, 5.41) is 10.2. The number of aromatic nitrogens is 3. The Morgan fingerprint density at radius 2 is 2.07 bits per heavy atom. The zero-order valence-electron chi connectivity index (χ0n) is 15.4. The maximum atomic E-state index is 11.9. The second-order valence-corrected chi connectivity index (χ2v) is 7.25. The third kappa shape index (κ3) is 6.33. The highest BCUT2D eigenvalue weighted by Crippen LogP contribution is 2.19. The molecule has 0 spiro atoms. The van der Waals surface area contributed by atoms with Crippen molar-refractivity contribution < 1.29 is 9.53 Å². The Labute approximate surface area is 179 Å². The predicted octanol–water partition coefficient (Wildman–Crippen LogP) is 1.93. The molecule has 2 aromatic carbocycles. The van der Waals surface area contributed by atoms with Crippen LogP contribution >= 0.6 is 23.4 Å². The largest absolute Gasteiger partial charge is 0.488 e. The minimum absolute atomic E-state index is 0.0199. The Balaban J connectivity index is 1.54. The molecule has 0 fully saturated rings. The van der Waals surface area contributed by atoms with Gasteiger partial charge in [-0.15, -0.1) is 0 Å². The average molecular weight is 446 g/mol. The molecule has 0 aliphatic carbocycles. The first-order valence-corrected chi connectivity index (χ1v) is 9.97. The van der Waals surface area contributed by atoms with Gasteiger partial charge in [0.05, 0.1) is 12.0 Å². The summed E-state index contributed by atoms with van der Waals surface area (Å²) >= 11 is 6.85. The molecule has 3 aromatic rings. The lowest BCUT2D eigenvalue weighted by Crippen LogP contribution is -2.26. The van der Waals surface area contributed by atoms with E-state index in [4.69, 9.17) is 16.3 Å². The molecule has 9 nitrogen and oxygen atoms in total. The molecule has 0 atom stereocenters. The van der Waals surface area contributed by atoms with Gasteiger partial charge in [-0.3, -0.25) is 14.6 Å². The second-order valence-electron chi connectivity index (χ2n) is 5.85. The number of amides is 1. The summed E-state index contributed by atoms with van der Waals surface area (Å²) in [4.78, 5) is 36.4. The third-order valence-electron chi connectivity index (χ3n) is 3.62. The Morgan fingerprint density at radius 1 is 1.23 bits per heavy atom. The summed E-state index contributed by atoms with van der Waals surface area (Å²) in [6.07, 6.45) is 1.46. The molecule has 0 bridgehead atoms. The predicted molar refractivity (Wildman–Crippen MR) is 114 cm³/mol. The lowest BCUT2D eigenvalue weighted by Gasteiger charge is -2.09. The van der Waals surface area contributed by atoms with Gasteiger partial charge >= 0.3 is 5.69 Å². The lowest BCUT2D eigenvalue weighted by molar-refractivity contribution is -0.118. The second kappa shape index (κ2) is 10.4. The molecule has 0 saturated heterocycles. The van der Waals surface area contributed by atoms with Crippen LogP contribution in [0.4, 0.5) is 0 Å². The number of halogens is 1. The van der Waals surface area contributed by atoms with E-state index in [0.717, 1.165) is 17.3 Å². The van der Waals surface area contributed by atoms with E-state index in [2.05, 4.69) is 20.7 Å². The van der Waals surface area contributed by atoms with Gasteiger partial charge in [-0.2, -0.15) is 10.2 Å². The summed E-state index contributed by atoms with van der Waals surface area (Å²) in [6, 6.07) is 14.6. The van der Waals surface area contributed by atoms with Crippen LogP contribution in [0.5, 0.6) is 5.75 Å². The Hall–Kier alpha value is -3.37. The van der Waals surface area contributed by atoms with E-state index in [1.54, 1.807) is 18.2 Å². The van der Waals surface area contributed by atoms with Crippen molar-refractivity contribution in [1.29, 1.82) is 0 Å². The fraction of sp³-hybridized carbons (Fsp3) is 0.105. The number of hydrazone groups is 1. The standard InChI is InChI=1S/C19H16ClN5O4S/c20-14-6-3-4-12(8-14)10-29-15-7-2-1-5-13(15)9-21-23-16(26)11-30-18-17(27)22-19(28)25-24-18/h1-9H,10-11H2,(H,23,26)(H2,22,25,27,28)/b21-9+. The van der Waals surface area contributed by atoms with Crippen LogP contribution in [-0.4, -0.2) is 33.1 Å². The van der Waals surface area contributed by atoms with Gasteiger partial charge in [0.1, 0.15) is 12.4 Å². The molecule has 11 heteroatoms. The van der Waals surface area contributed by atoms with Crippen LogP contribution in [0, 0.1) is 0 Å². The van der Waals surface area contributed by atoms with E-state index in [1.807, 2.05) is 35.3 Å². The highest BCUT2D eigenvalue weighted by molar-refractivity contribution is 7.99. The van der Waals surface area contributed by atoms with Crippen molar-refractivity contribution >= 4 is 35.5 Å². The number of rotatable bonds is 8. The van der Waals surface area contributed by atoms with Gasteiger partial charge < -0.3 is 4.74 Å². The summed E-state index contributed by atoms with van der Waals surface area (Å²) in [6.45, 7) is 0.328. The average Bonchev–Trinajstić information content (AvgIpc) is 2.72. The number of H-pyrrole nitrogens is 2. The van der Waals surface area contributed by atoms with Crippen LogP contribution < -0.4 is 21.4 Å². The van der Waals surface area contributed by atoms with Gasteiger partial charge in [-0.1, -0.05) is 47.6 Å². The molecule has 0 aliphatic rings. The number of carbonyl (C=O) groups is 1. The number of hydrogen-bond donors (Lipinski definition) is 3. The Morgan fingerprint density at radius 3 is 2.87 bits per heavy atom. The number of carbonyl (C=O) groups excluding carboxylic acids is 1. The SMILES string of the molecule is O=C(CSc1n[nH]c(=O)[nH]c1=O)N/N=C/c1ccccc1OCc1cccc(Cl)c1. The first-order chi connectivity index (χ1) is 14.5. The van der Waals surface area contributed by atoms with E-state index in [0.29, 0.717) is 22.9 Å². The van der Waals surface area contributed by atoms with Crippen molar-refractivity contribution in [3.8, 4) is 5.75 Å². The highest BCUT2D eigenvalue weighted by Gasteiger charge is 2.07. The van der Waals surface area contributed by atoms with Crippen molar-refractivity contribution in [2.24, 2.45) is 5.10 Å². The van der Waals surface area contributed by atoms with Gasteiger partial charge in [0.15, 0.2) is 5.03 Å². The maximum Gasteiger partial charge on any atom is 0.342 e. The summed E-state index contributed by atoms with van der Waals surface area (Å²) in [5.41, 5.74) is 2.58.